The second kappa shape index (κ2) is 10.4. The maximum atomic E-state index is 11.4. The maximum absolute atomic E-state index is 11.4. The average molecular weight is 283 g/mol. The molecule has 1 unspecified atom stereocenters. The predicted molar refractivity (Wildman–Crippen MR) is 72.9 cm³/mol. The first kappa shape index (κ1) is 18.6. The van der Waals surface area contributed by atoms with Gasteiger partial charge in [-0.3, -0.25) is 9.48 Å². The third kappa shape index (κ3) is 8.01. The van der Waals surface area contributed by atoms with Crippen LogP contribution < -0.4 is 10.6 Å². The second-order valence-electron chi connectivity index (χ2n) is 3.55. The molecule has 1 amide bonds. The molecule has 1 atom stereocenters. The van der Waals surface area contributed by atoms with Crippen molar-refractivity contribution in [2.45, 2.75) is 25.9 Å². The highest BCUT2D eigenvalue weighted by Gasteiger charge is 2.06. The Balaban J connectivity index is 0. The monoisotopic (exact) mass is 282 g/mol. The number of halogens is 2. The van der Waals surface area contributed by atoms with Crippen molar-refractivity contribution in [1.29, 1.82) is 0 Å². The molecule has 0 aromatic carbocycles. The van der Waals surface area contributed by atoms with Crippen molar-refractivity contribution < 1.29 is 4.79 Å². The number of hydrogen-bond donors (Lipinski definition) is 2. The molecule has 1 heterocycles. The Labute approximate surface area is 114 Å². The van der Waals surface area contributed by atoms with E-state index in [4.69, 9.17) is 0 Å². The van der Waals surface area contributed by atoms with Gasteiger partial charge in [-0.1, -0.05) is 0 Å². The van der Waals surface area contributed by atoms with Crippen molar-refractivity contribution >= 4 is 30.7 Å². The van der Waals surface area contributed by atoms with Gasteiger partial charge < -0.3 is 10.6 Å². The van der Waals surface area contributed by atoms with Crippen molar-refractivity contribution in [1.82, 2.24) is 20.4 Å². The summed E-state index contributed by atoms with van der Waals surface area (Å²) >= 11 is 0. The Bertz CT molecular complexity index is 293. The van der Waals surface area contributed by atoms with Gasteiger partial charge in [0.1, 0.15) is 0 Å². The molecular weight excluding hydrogens is 263 g/mol. The zero-order valence-corrected chi connectivity index (χ0v) is 11.7. The fourth-order valence-corrected chi connectivity index (χ4v) is 1.32. The summed E-state index contributed by atoms with van der Waals surface area (Å²) in [6, 6.07) is 1.98. The van der Waals surface area contributed by atoms with Gasteiger partial charge in [-0.05, 0) is 20.0 Å². The van der Waals surface area contributed by atoms with E-state index in [0.29, 0.717) is 19.5 Å². The van der Waals surface area contributed by atoms with Crippen LogP contribution >= 0.6 is 24.8 Å². The van der Waals surface area contributed by atoms with E-state index >= 15 is 0 Å². The first-order chi connectivity index (χ1) is 7.22. The number of nitrogens with zero attached hydrogens (tertiary/aromatic N) is 2. The summed E-state index contributed by atoms with van der Waals surface area (Å²) in [5, 5.41) is 9.93. The first-order valence-corrected chi connectivity index (χ1v) is 5.13. The van der Waals surface area contributed by atoms with Crippen LogP contribution in [0.4, 0.5) is 0 Å². The van der Waals surface area contributed by atoms with Gasteiger partial charge in [-0.25, -0.2) is 0 Å². The third-order valence-electron chi connectivity index (χ3n) is 2.03. The molecule has 1 rings (SSSR count). The number of aromatic nitrogens is 2. The molecule has 0 fully saturated rings. The number of hydrogen-bond acceptors (Lipinski definition) is 3. The molecule has 7 heteroatoms. The van der Waals surface area contributed by atoms with Crippen LogP contribution in [0.5, 0.6) is 0 Å². The van der Waals surface area contributed by atoms with Crippen molar-refractivity contribution in [3.63, 3.8) is 0 Å². The predicted octanol–water partition coefficient (Wildman–Crippen LogP) is 0.841. The minimum Gasteiger partial charge on any atom is -0.352 e. The van der Waals surface area contributed by atoms with Gasteiger partial charge in [-0.2, -0.15) is 5.10 Å². The molecule has 5 nitrogen and oxygen atoms in total. The van der Waals surface area contributed by atoms with E-state index in [1.807, 2.05) is 30.9 Å². The SMILES string of the molecule is CNCCC(=O)NC(C)Cn1cccn1.Cl.Cl. The molecule has 0 aliphatic rings. The van der Waals surface area contributed by atoms with E-state index < -0.39 is 0 Å². The van der Waals surface area contributed by atoms with Crippen LogP contribution in [0.3, 0.4) is 0 Å². The highest BCUT2D eigenvalue weighted by atomic mass is 35.5. The topological polar surface area (TPSA) is 59.0 Å². The third-order valence-corrected chi connectivity index (χ3v) is 2.03. The summed E-state index contributed by atoms with van der Waals surface area (Å²) in [7, 11) is 1.83. The number of carbonyl (C=O) groups is 1. The van der Waals surface area contributed by atoms with Crippen molar-refractivity contribution in [3.05, 3.63) is 18.5 Å². The average Bonchev–Trinajstić information content (AvgIpc) is 2.67. The lowest BCUT2D eigenvalue weighted by atomic mass is 10.3. The Kier molecular flexibility index (Phi) is 11.3. The summed E-state index contributed by atoms with van der Waals surface area (Å²) in [5.41, 5.74) is 0. The quantitative estimate of drug-likeness (QED) is 0.813. The summed E-state index contributed by atoms with van der Waals surface area (Å²) < 4.78 is 1.81. The standard InChI is InChI=1S/C10H18N4O.2ClH/c1-9(8-14-7-3-5-12-14)13-10(15)4-6-11-2;;/h3,5,7,9,11H,4,6,8H2,1-2H3,(H,13,15);2*1H. The van der Waals surface area contributed by atoms with Crippen molar-refractivity contribution in [2.75, 3.05) is 13.6 Å². The highest BCUT2D eigenvalue weighted by molar-refractivity contribution is 5.85. The molecule has 1 aromatic rings. The molecule has 0 saturated heterocycles. The van der Waals surface area contributed by atoms with Gasteiger partial charge in [0.05, 0.1) is 6.54 Å². The Morgan fingerprint density at radius 3 is 2.71 bits per heavy atom. The number of carbonyl (C=O) groups excluding carboxylic acids is 1. The zero-order valence-electron chi connectivity index (χ0n) is 10.0. The number of nitrogens with one attached hydrogen (secondary N) is 2. The zero-order chi connectivity index (χ0) is 11.1. The first-order valence-electron chi connectivity index (χ1n) is 5.13. The maximum Gasteiger partial charge on any atom is 0.221 e. The van der Waals surface area contributed by atoms with Gasteiger partial charge in [0.15, 0.2) is 0 Å². The molecule has 0 aliphatic heterocycles. The highest BCUT2D eigenvalue weighted by Crippen LogP contribution is 1.91. The van der Waals surface area contributed by atoms with E-state index in [9.17, 15) is 4.79 Å². The van der Waals surface area contributed by atoms with Gasteiger partial charge in [-0.15, -0.1) is 24.8 Å². The molecule has 0 radical (unpaired) electrons. The Morgan fingerprint density at radius 2 is 2.18 bits per heavy atom. The van der Waals surface area contributed by atoms with Crippen LogP contribution in [0, 0.1) is 0 Å². The normalized spacial score (nSPS) is 10.9. The molecule has 0 spiro atoms. The van der Waals surface area contributed by atoms with E-state index in [-0.39, 0.29) is 36.8 Å². The molecule has 0 saturated carbocycles. The molecule has 0 aliphatic carbocycles. The summed E-state index contributed by atoms with van der Waals surface area (Å²) in [4.78, 5) is 11.4. The van der Waals surface area contributed by atoms with E-state index in [1.54, 1.807) is 6.20 Å². The second-order valence-corrected chi connectivity index (χ2v) is 3.55. The smallest absolute Gasteiger partial charge is 0.221 e. The van der Waals surface area contributed by atoms with Gasteiger partial charge in [0.25, 0.3) is 0 Å². The van der Waals surface area contributed by atoms with Crippen LogP contribution in [0.25, 0.3) is 0 Å². The van der Waals surface area contributed by atoms with Crippen LogP contribution in [0.15, 0.2) is 18.5 Å². The van der Waals surface area contributed by atoms with Gasteiger partial charge >= 0.3 is 0 Å². The van der Waals surface area contributed by atoms with Crippen molar-refractivity contribution in [3.8, 4) is 0 Å². The molecule has 0 bridgehead atoms. The van der Waals surface area contributed by atoms with Crippen LogP contribution in [-0.4, -0.2) is 35.3 Å². The number of amides is 1. The Morgan fingerprint density at radius 1 is 1.47 bits per heavy atom. The summed E-state index contributed by atoms with van der Waals surface area (Å²) in [6.45, 7) is 3.39. The fourth-order valence-electron chi connectivity index (χ4n) is 1.32. The minimum absolute atomic E-state index is 0. The molecule has 17 heavy (non-hydrogen) atoms. The molecule has 1 aromatic heterocycles. The lowest BCUT2D eigenvalue weighted by molar-refractivity contribution is -0.121. The molecule has 2 N–H and O–H groups in total. The van der Waals surface area contributed by atoms with Gasteiger partial charge in [0.2, 0.25) is 5.91 Å². The molecular formula is C10H20Cl2N4O. The summed E-state index contributed by atoms with van der Waals surface area (Å²) in [5.74, 6) is 0.0732. The van der Waals surface area contributed by atoms with Gasteiger partial charge in [0, 0.05) is 31.4 Å². The van der Waals surface area contributed by atoms with E-state index in [2.05, 4.69) is 15.7 Å². The lowest BCUT2D eigenvalue weighted by Gasteiger charge is -2.13. The Hall–Kier alpha value is -0.780. The van der Waals surface area contributed by atoms with E-state index in [1.165, 1.54) is 0 Å². The molecule has 100 valence electrons. The van der Waals surface area contributed by atoms with E-state index in [0.717, 1.165) is 0 Å². The lowest BCUT2D eigenvalue weighted by Crippen LogP contribution is -2.36. The largest absolute Gasteiger partial charge is 0.352 e. The number of rotatable bonds is 6. The van der Waals surface area contributed by atoms with Crippen LogP contribution in [-0.2, 0) is 11.3 Å². The summed E-state index contributed by atoms with van der Waals surface area (Å²) in [6.07, 6.45) is 4.13. The van der Waals surface area contributed by atoms with Crippen LogP contribution in [0.2, 0.25) is 0 Å². The van der Waals surface area contributed by atoms with Crippen LogP contribution in [0.1, 0.15) is 13.3 Å². The fraction of sp³-hybridized carbons (Fsp3) is 0.600. The van der Waals surface area contributed by atoms with Crippen molar-refractivity contribution in [2.24, 2.45) is 0 Å². The minimum atomic E-state index is 0.